The molecule has 0 aliphatic carbocycles. The first-order chi connectivity index (χ1) is 12.2. The fourth-order valence-electron chi connectivity index (χ4n) is 1.97. The molecule has 1 aromatic heterocycles. The van der Waals surface area contributed by atoms with E-state index < -0.39 is 37.6 Å². The van der Waals surface area contributed by atoms with Gasteiger partial charge in [0.15, 0.2) is 0 Å². The molecular formula is C13H16N6O7. The number of benzene rings is 1. The number of non-ortho nitro benzene ring substituents is 1. The zero-order valence-electron chi connectivity index (χ0n) is 13.6. The minimum absolute atomic E-state index is 0.447. The molecule has 0 unspecified atom stereocenters. The number of phenolic OH excluding ortho intramolecular Hbond substituents is 1. The highest BCUT2D eigenvalue weighted by Gasteiger charge is 2.30. The molecule has 0 aliphatic rings. The van der Waals surface area contributed by atoms with Crippen LogP contribution < -0.4 is 5.73 Å². The molecule has 0 bridgehead atoms. The molecule has 26 heavy (non-hydrogen) atoms. The van der Waals surface area contributed by atoms with E-state index in [2.05, 4.69) is 16.5 Å². The molecule has 0 fully saturated rings. The van der Waals surface area contributed by atoms with Crippen LogP contribution in [-0.4, -0.2) is 36.0 Å². The van der Waals surface area contributed by atoms with Crippen molar-refractivity contribution in [3.05, 3.63) is 60.7 Å². The van der Waals surface area contributed by atoms with Crippen molar-refractivity contribution in [2.45, 2.75) is 19.9 Å². The van der Waals surface area contributed by atoms with Crippen LogP contribution in [0.1, 0.15) is 12.7 Å². The van der Waals surface area contributed by atoms with Crippen molar-refractivity contribution in [3.8, 4) is 5.75 Å². The molecule has 0 saturated carbocycles. The van der Waals surface area contributed by atoms with Crippen LogP contribution in [0.2, 0.25) is 0 Å². The van der Waals surface area contributed by atoms with Gasteiger partial charge in [0.2, 0.25) is 0 Å². The van der Waals surface area contributed by atoms with Gasteiger partial charge < -0.3 is 15.4 Å². The minimum atomic E-state index is -1.21. The van der Waals surface area contributed by atoms with Crippen molar-refractivity contribution >= 4 is 17.1 Å². The van der Waals surface area contributed by atoms with E-state index in [1.807, 2.05) is 12.4 Å². The molecule has 0 spiro atoms. The second-order valence-electron chi connectivity index (χ2n) is 4.78. The maximum atomic E-state index is 10.4. The number of rotatable bonds is 6. The van der Waals surface area contributed by atoms with Gasteiger partial charge in [-0.25, -0.2) is 4.98 Å². The molecular weight excluding hydrogens is 352 g/mol. The number of nitrogens with two attached hydrogens (primary N) is 1. The highest BCUT2D eigenvalue weighted by atomic mass is 16.6. The number of aromatic hydroxyl groups is 1. The van der Waals surface area contributed by atoms with Crippen molar-refractivity contribution in [1.82, 2.24) is 9.55 Å². The predicted octanol–water partition coefficient (Wildman–Crippen LogP) is 1.52. The SMILES string of the molecule is CCc1nccn1CCN.O=[N+]([O-])c1cc([N+](=O)[O-])c(O)c([N+](=O)[O-])c1. The number of hydrogen-bond donors (Lipinski definition) is 2. The van der Waals surface area contributed by atoms with E-state index in [1.165, 1.54) is 0 Å². The van der Waals surface area contributed by atoms with Gasteiger partial charge in [0.25, 0.3) is 11.4 Å². The highest BCUT2D eigenvalue weighted by molar-refractivity contribution is 5.64. The molecule has 2 rings (SSSR count). The van der Waals surface area contributed by atoms with Crippen molar-refractivity contribution in [2.24, 2.45) is 5.73 Å². The molecule has 0 radical (unpaired) electrons. The van der Waals surface area contributed by atoms with E-state index in [1.54, 1.807) is 0 Å². The van der Waals surface area contributed by atoms with Gasteiger partial charge in [0.05, 0.1) is 26.9 Å². The monoisotopic (exact) mass is 368 g/mol. The Labute approximate surface area is 146 Å². The zero-order valence-corrected chi connectivity index (χ0v) is 13.6. The van der Waals surface area contributed by atoms with Crippen LogP contribution in [0.15, 0.2) is 24.5 Å². The summed E-state index contributed by atoms with van der Waals surface area (Å²) in [4.78, 5) is 31.9. The Morgan fingerprint density at radius 2 is 1.65 bits per heavy atom. The minimum Gasteiger partial charge on any atom is -0.497 e. The standard InChI is InChI=1S/C7H13N3.C6H3N3O7/c1-2-7-9-4-6-10(7)5-3-8;10-6-4(8(13)14)1-3(7(11)12)2-5(6)9(15)16/h4,6H,2-3,5,8H2,1H3;1-2,10H. The maximum Gasteiger partial charge on any atom is 0.324 e. The second kappa shape index (κ2) is 9.03. The molecule has 1 aromatic carbocycles. The number of aryl methyl sites for hydroxylation is 1. The van der Waals surface area contributed by atoms with E-state index in [-0.39, 0.29) is 0 Å². The van der Waals surface area contributed by atoms with Gasteiger partial charge in [-0.3, -0.25) is 30.3 Å². The number of aromatic nitrogens is 2. The Balaban J connectivity index is 0.000000289. The predicted molar refractivity (Wildman–Crippen MR) is 88.7 cm³/mol. The first-order valence-corrected chi connectivity index (χ1v) is 7.23. The molecule has 2 aromatic rings. The van der Waals surface area contributed by atoms with Crippen molar-refractivity contribution < 1.29 is 19.9 Å². The summed E-state index contributed by atoms with van der Waals surface area (Å²) in [7, 11) is 0. The summed E-state index contributed by atoms with van der Waals surface area (Å²) in [6, 6.07) is 0.894. The first-order valence-electron chi connectivity index (χ1n) is 7.23. The van der Waals surface area contributed by atoms with Crippen LogP contribution in [-0.2, 0) is 13.0 Å². The lowest BCUT2D eigenvalue weighted by Crippen LogP contribution is -2.11. The van der Waals surface area contributed by atoms with Crippen molar-refractivity contribution in [2.75, 3.05) is 6.54 Å². The van der Waals surface area contributed by atoms with Crippen LogP contribution in [0.25, 0.3) is 0 Å². The van der Waals surface area contributed by atoms with Gasteiger partial charge in [-0.15, -0.1) is 0 Å². The molecule has 140 valence electrons. The summed E-state index contributed by atoms with van der Waals surface area (Å²) in [5, 5.41) is 40.2. The van der Waals surface area contributed by atoms with Gasteiger partial charge in [-0.05, 0) is 0 Å². The number of phenols is 1. The van der Waals surface area contributed by atoms with Gasteiger partial charge in [-0.1, -0.05) is 6.92 Å². The van der Waals surface area contributed by atoms with Crippen LogP contribution in [0.5, 0.6) is 5.75 Å². The Morgan fingerprint density at radius 1 is 1.12 bits per heavy atom. The molecule has 0 saturated heterocycles. The fourth-order valence-corrected chi connectivity index (χ4v) is 1.97. The Bertz CT molecular complexity index is 784. The number of nitro benzene ring substituents is 3. The number of nitrogens with zero attached hydrogens (tertiary/aromatic N) is 5. The molecule has 0 aliphatic heterocycles. The molecule has 0 atom stereocenters. The summed E-state index contributed by atoms with van der Waals surface area (Å²) in [5.41, 5.74) is 2.39. The van der Waals surface area contributed by atoms with Gasteiger partial charge in [-0.2, -0.15) is 0 Å². The van der Waals surface area contributed by atoms with E-state index in [0.717, 1.165) is 18.8 Å². The molecule has 3 N–H and O–H groups in total. The Kier molecular flexibility index (Phi) is 7.09. The summed E-state index contributed by atoms with van der Waals surface area (Å²) < 4.78 is 2.08. The van der Waals surface area contributed by atoms with Crippen molar-refractivity contribution in [1.29, 1.82) is 0 Å². The normalized spacial score (nSPS) is 9.92. The third-order valence-electron chi connectivity index (χ3n) is 3.15. The zero-order chi connectivity index (χ0) is 19.9. The van der Waals surface area contributed by atoms with Gasteiger partial charge in [0.1, 0.15) is 5.82 Å². The van der Waals surface area contributed by atoms with Crippen LogP contribution in [0.3, 0.4) is 0 Å². The molecule has 1 heterocycles. The number of nitro groups is 3. The van der Waals surface area contributed by atoms with Crippen LogP contribution in [0, 0.1) is 30.3 Å². The Hall–Kier alpha value is -3.61. The lowest BCUT2D eigenvalue weighted by atomic mass is 10.2. The molecule has 0 amide bonds. The summed E-state index contributed by atoms with van der Waals surface area (Å²) in [5.74, 6) is -0.0916. The lowest BCUT2D eigenvalue weighted by Gasteiger charge is -2.01. The van der Waals surface area contributed by atoms with E-state index in [9.17, 15) is 30.3 Å². The lowest BCUT2D eigenvalue weighted by molar-refractivity contribution is -0.404. The van der Waals surface area contributed by atoms with E-state index in [4.69, 9.17) is 10.8 Å². The largest absolute Gasteiger partial charge is 0.497 e. The summed E-state index contributed by atoms with van der Waals surface area (Å²) >= 11 is 0. The average molecular weight is 368 g/mol. The fraction of sp³-hybridized carbons (Fsp3) is 0.308. The van der Waals surface area contributed by atoms with E-state index >= 15 is 0 Å². The average Bonchev–Trinajstić information content (AvgIpc) is 3.02. The van der Waals surface area contributed by atoms with Gasteiger partial charge in [0, 0.05) is 31.9 Å². The second-order valence-corrected chi connectivity index (χ2v) is 4.78. The van der Waals surface area contributed by atoms with Gasteiger partial charge >= 0.3 is 11.4 Å². The molecule has 13 nitrogen and oxygen atoms in total. The Morgan fingerprint density at radius 3 is 2.04 bits per heavy atom. The smallest absolute Gasteiger partial charge is 0.324 e. The highest BCUT2D eigenvalue weighted by Crippen LogP contribution is 2.38. The number of hydrogen-bond acceptors (Lipinski definition) is 9. The quantitative estimate of drug-likeness (QED) is 0.561. The van der Waals surface area contributed by atoms with Crippen LogP contribution in [0.4, 0.5) is 17.1 Å². The third kappa shape index (κ3) is 4.94. The van der Waals surface area contributed by atoms with E-state index in [0.29, 0.717) is 18.7 Å². The first kappa shape index (κ1) is 20.4. The molecule has 13 heteroatoms. The third-order valence-corrected chi connectivity index (χ3v) is 3.15. The summed E-state index contributed by atoms with van der Waals surface area (Å²) in [6.45, 7) is 3.65. The maximum absolute atomic E-state index is 10.4. The van der Waals surface area contributed by atoms with Crippen molar-refractivity contribution in [3.63, 3.8) is 0 Å². The number of imidazole rings is 1. The topological polar surface area (TPSA) is 193 Å². The summed E-state index contributed by atoms with van der Waals surface area (Å²) in [6.07, 6.45) is 4.76. The van der Waals surface area contributed by atoms with Crippen LogP contribution >= 0.6 is 0 Å².